The van der Waals surface area contributed by atoms with Crippen LogP contribution in [0.2, 0.25) is 0 Å². The van der Waals surface area contributed by atoms with Crippen LogP contribution in [-0.2, 0) is 4.79 Å². The molecule has 1 N–H and O–H groups in total. The molecule has 0 radical (unpaired) electrons. The van der Waals surface area contributed by atoms with Gasteiger partial charge in [-0.25, -0.2) is 9.97 Å². The van der Waals surface area contributed by atoms with Crippen molar-refractivity contribution >= 4 is 23.6 Å². The minimum absolute atomic E-state index is 0.0103. The maximum absolute atomic E-state index is 12.9. The van der Waals surface area contributed by atoms with Crippen LogP contribution in [0.4, 0.5) is 0 Å². The summed E-state index contributed by atoms with van der Waals surface area (Å²) in [7, 11) is 0. The number of aryl methyl sites for hydroxylation is 1. The molecule has 134 valence electrons. The second-order valence-electron chi connectivity index (χ2n) is 5.27. The van der Waals surface area contributed by atoms with Crippen LogP contribution in [0.15, 0.2) is 27.8 Å². The number of nitrogens with one attached hydrogen (secondary N) is 1. The quantitative estimate of drug-likeness (QED) is 0.601. The second kappa shape index (κ2) is 8.66. The predicted molar refractivity (Wildman–Crippen MR) is 96.5 cm³/mol. The fourth-order valence-corrected chi connectivity index (χ4v) is 2.99. The lowest BCUT2D eigenvalue weighted by Gasteiger charge is -2.22. The number of furan rings is 1. The fourth-order valence-electron chi connectivity index (χ4n) is 2.37. The van der Waals surface area contributed by atoms with Gasteiger partial charge in [-0.1, -0.05) is 0 Å². The highest BCUT2D eigenvalue weighted by Gasteiger charge is 2.24. The number of nitrogens with zero attached hydrogens (tertiary/aromatic N) is 3. The van der Waals surface area contributed by atoms with E-state index < -0.39 is 0 Å². The first-order chi connectivity index (χ1) is 12.0. The minimum atomic E-state index is -0.249. The number of hydrogen-bond donors (Lipinski definition) is 1. The van der Waals surface area contributed by atoms with E-state index in [0.717, 1.165) is 0 Å². The first-order valence-corrected chi connectivity index (χ1v) is 9.26. The summed E-state index contributed by atoms with van der Waals surface area (Å²) in [6, 6.07) is 3.53. The lowest BCUT2D eigenvalue weighted by molar-refractivity contribution is -0.121. The van der Waals surface area contributed by atoms with Gasteiger partial charge in [0.1, 0.15) is 5.03 Å². The van der Waals surface area contributed by atoms with E-state index in [1.807, 2.05) is 20.1 Å². The molecule has 2 heterocycles. The Morgan fingerprint density at radius 3 is 2.64 bits per heavy atom. The summed E-state index contributed by atoms with van der Waals surface area (Å²) in [4.78, 5) is 35.1. The standard InChI is InChI=1S/C17H22N4O3S/c1-5-18-13(22)10-21(6-2)17(23)14-11(3)19-15(20-16(14)25-4)12-8-7-9-24-12/h7-9H,5-6,10H2,1-4H3,(H,18,22). The van der Waals surface area contributed by atoms with Gasteiger partial charge in [-0.05, 0) is 39.2 Å². The van der Waals surface area contributed by atoms with Crippen LogP contribution in [0.25, 0.3) is 11.6 Å². The predicted octanol–water partition coefficient (Wildman–Crippen LogP) is 2.37. The average molecular weight is 362 g/mol. The molecule has 0 fully saturated rings. The van der Waals surface area contributed by atoms with Gasteiger partial charge in [0.2, 0.25) is 5.91 Å². The zero-order chi connectivity index (χ0) is 18.4. The maximum atomic E-state index is 12.9. The lowest BCUT2D eigenvalue weighted by atomic mass is 10.2. The van der Waals surface area contributed by atoms with Gasteiger partial charge >= 0.3 is 0 Å². The zero-order valence-corrected chi connectivity index (χ0v) is 15.6. The Bertz CT molecular complexity index is 747. The van der Waals surface area contributed by atoms with Gasteiger partial charge in [0.05, 0.1) is 24.1 Å². The summed E-state index contributed by atoms with van der Waals surface area (Å²) in [5, 5.41) is 3.27. The third-order valence-corrected chi connectivity index (χ3v) is 4.26. The molecule has 0 atom stereocenters. The van der Waals surface area contributed by atoms with Crippen molar-refractivity contribution in [2.75, 3.05) is 25.9 Å². The molecule has 0 unspecified atom stereocenters. The van der Waals surface area contributed by atoms with Crippen LogP contribution in [-0.4, -0.2) is 52.6 Å². The van der Waals surface area contributed by atoms with Gasteiger partial charge in [0.25, 0.3) is 5.91 Å². The van der Waals surface area contributed by atoms with Gasteiger partial charge in [0.15, 0.2) is 11.6 Å². The second-order valence-corrected chi connectivity index (χ2v) is 6.06. The van der Waals surface area contributed by atoms with E-state index in [1.165, 1.54) is 16.7 Å². The molecule has 2 aromatic heterocycles. The van der Waals surface area contributed by atoms with Crippen LogP contribution < -0.4 is 5.32 Å². The summed E-state index contributed by atoms with van der Waals surface area (Å²) in [5.74, 6) is 0.554. The molecule has 0 saturated heterocycles. The molecule has 0 spiro atoms. The number of thioether (sulfide) groups is 1. The summed E-state index contributed by atoms with van der Waals surface area (Å²) in [6.07, 6.45) is 3.40. The molecular weight excluding hydrogens is 340 g/mol. The Morgan fingerprint density at radius 2 is 2.08 bits per heavy atom. The van der Waals surface area contributed by atoms with E-state index >= 15 is 0 Å². The number of likely N-dealkylation sites (N-methyl/N-ethyl adjacent to an activating group) is 2. The normalized spacial score (nSPS) is 10.6. The summed E-state index contributed by atoms with van der Waals surface area (Å²) in [6.45, 7) is 6.40. The molecule has 8 heteroatoms. The number of carbonyl (C=O) groups excluding carboxylic acids is 2. The highest BCUT2D eigenvalue weighted by molar-refractivity contribution is 7.98. The Hall–Kier alpha value is -2.35. The van der Waals surface area contributed by atoms with E-state index in [1.54, 1.807) is 25.3 Å². The average Bonchev–Trinajstić information content (AvgIpc) is 3.13. The van der Waals surface area contributed by atoms with Crippen LogP contribution in [0.5, 0.6) is 0 Å². The monoisotopic (exact) mass is 362 g/mol. The molecular formula is C17H22N4O3S. The topological polar surface area (TPSA) is 88.3 Å². The summed E-state index contributed by atoms with van der Waals surface area (Å²) >= 11 is 1.37. The first kappa shape index (κ1) is 19.0. The third-order valence-electron chi connectivity index (χ3n) is 3.58. The minimum Gasteiger partial charge on any atom is -0.461 e. The number of rotatable bonds is 7. The van der Waals surface area contributed by atoms with E-state index in [4.69, 9.17) is 4.42 Å². The van der Waals surface area contributed by atoms with Gasteiger partial charge in [-0.2, -0.15) is 0 Å². The number of carbonyl (C=O) groups is 2. The Balaban J connectivity index is 2.36. The molecule has 0 aliphatic carbocycles. The maximum Gasteiger partial charge on any atom is 0.258 e. The van der Waals surface area contributed by atoms with Crippen molar-refractivity contribution in [3.05, 3.63) is 29.7 Å². The molecule has 0 aromatic carbocycles. The van der Waals surface area contributed by atoms with Gasteiger partial charge in [-0.15, -0.1) is 11.8 Å². The van der Waals surface area contributed by atoms with Crippen molar-refractivity contribution in [3.63, 3.8) is 0 Å². The fraction of sp³-hybridized carbons (Fsp3) is 0.412. The van der Waals surface area contributed by atoms with Crippen molar-refractivity contribution in [2.24, 2.45) is 0 Å². The zero-order valence-electron chi connectivity index (χ0n) is 14.8. The number of amides is 2. The van der Waals surface area contributed by atoms with Crippen molar-refractivity contribution in [1.82, 2.24) is 20.2 Å². The molecule has 0 bridgehead atoms. The third kappa shape index (κ3) is 4.39. The molecule has 7 nitrogen and oxygen atoms in total. The lowest BCUT2D eigenvalue weighted by Crippen LogP contribution is -2.41. The first-order valence-electron chi connectivity index (χ1n) is 8.04. The Labute approximate surface area is 151 Å². The van der Waals surface area contributed by atoms with Crippen LogP contribution in [0, 0.1) is 6.92 Å². The molecule has 2 amide bonds. The van der Waals surface area contributed by atoms with Crippen molar-refractivity contribution in [1.29, 1.82) is 0 Å². The van der Waals surface area contributed by atoms with E-state index in [-0.39, 0.29) is 18.4 Å². The van der Waals surface area contributed by atoms with E-state index in [0.29, 0.717) is 41.0 Å². The molecule has 0 aliphatic rings. The van der Waals surface area contributed by atoms with Crippen molar-refractivity contribution < 1.29 is 14.0 Å². The van der Waals surface area contributed by atoms with Gasteiger partial charge < -0.3 is 14.6 Å². The van der Waals surface area contributed by atoms with E-state index in [2.05, 4.69) is 15.3 Å². The van der Waals surface area contributed by atoms with Crippen molar-refractivity contribution in [2.45, 2.75) is 25.8 Å². The van der Waals surface area contributed by atoms with Crippen LogP contribution in [0.3, 0.4) is 0 Å². The van der Waals surface area contributed by atoms with E-state index in [9.17, 15) is 9.59 Å². The Morgan fingerprint density at radius 1 is 1.32 bits per heavy atom. The van der Waals surface area contributed by atoms with Gasteiger partial charge in [0, 0.05) is 13.1 Å². The van der Waals surface area contributed by atoms with Crippen LogP contribution in [0.1, 0.15) is 29.9 Å². The molecule has 0 aliphatic heterocycles. The molecule has 25 heavy (non-hydrogen) atoms. The van der Waals surface area contributed by atoms with Crippen LogP contribution >= 0.6 is 11.8 Å². The van der Waals surface area contributed by atoms with Crippen molar-refractivity contribution in [3.8, 4) is 11.6 Å². The highest BCUT2D eigenvalue weighted by atomic mass is 32.2. The largest absolute Gasteiger partial charge is 0.461 e. The Kier molecular flexibility index (Phi) is 6.58. The molecule has 2 aromatic rings. The highest BCUT2D eigenvalue weighted by Crippen LogP contribution is 2.26. The number of hydrogen-bond acceptors (Lipinski definition) is 6. The van der Waals surface area contributed by atoms with Gasteiger partial charge in [-0.3, -0.25) is 9.59 Å². The number of aromatic nitrogens is 2. The smallest absolute Gasteiger partial charge is 0.258 e. The summed E-state index contributed by atoms with van der Waals surface area (Å²) < 4.78 is 5.34. The SMILES string of the molecule is CCNC(=O)CN(CC)C(=O)c1c(C)nc(-c2ccco2)nc1SC. The summed E-state index contributed by atoms with van der Waals surface area (Å²) in [5.41, 5.74) is 0.985. The molecule has 0 saturated carbocycles. The molecule has 2 rings (SSSR count).